The maximum absolute atomic E-state index is 2.48. The number of aryl methyl sites for hydroxylation is 3. The minimum Gasteiger partial charge on any atom is -0.309 e. The molecule has 0 saturated carbocycles. The Kier molecular flexibility index (Phi) is 15.6. The molecule has 494 valence electrons. The van der Waals surface area contributed by atoms with Crippen LogP contribution in [-0.4, -0.2) is 9.13 Å². The van der Waals surface area contributed by atoms with Gasteiger partial charge in [0.25, 0.3) is 0 Å². The van der Waals surface area contributed by atoms with Crippen molar-refractivity contribution in [2.45, 2.75) is 20.8 Å². The zero-order chi connectivity index (χ0) is 70.1. The van der Waals surface area contributed by atoms with E-state index in [9.17, 15) is 0 Å². The van der Waals surface area contributed by atoms with Crippen LogP contribution in [0.4, 0.5) is 0 Å². The zero-order valence-electron chi connectivity index (χ0n) is 58.8. The highest BCUT2D eigenvalue weighted by Gasteiger charge is 2.24. The fourth-order valence-electron chi connectivity index (χ4n) is 16.9. The lowest BCUT2D eigenvalue weighted by atomic mass is 9.83. The standard InChI is InChI=1S/C52H37N.C51H35N/c1-34-31-50(35(2)30-45(34)52-43-24-14-12-22-41(43)51(38-20-10-5-11-21-38)42-23-13-15-25-44(42)52)53-48-28-26-39(36-16-6-3-7-17-36)32-46(48)47-33-40(27-29-49(47)53)37-18-8-4-9-19-37;1-34-24-30-45-47(32-34)51(42-20-9-8-18-40(42)36-16-6-3-7-17-36)44-22-11-10-21-43(44)50(45)37-25-28-39(29-26-37)52-48-23-13-12-19-41(48)46-33-38(27-31-49(46)52)35-14-4-2-5-15-35/h3-33H,1-2H3;2-33H,1H3. The van der Waals surface area contributed by atoms with Crippen LogP contribution in [0.1, 0.15) is 16.7 Å². The van der Waals surface area contributed by atoms with Crippen LogP contribution in [0, 0.1) is 20.8 Å². The van der Waals surface area contributed by atoms with E-state index in [1.54, 1.807) is 0 Å². The van der Waals surface area contributed by atoms with Gasteiger partial charge in [-0.05, 0) is 231 Å². The van der Waals surface area contributed by atoms with Crippen LogP contribution in [0.15, 0.2) is 382 Å². The molecule has 0 N–H and O–H groups in total. The van der Waals surface area contributed by atoms with E-state index in [1.807, 2.05) is 0 Å². The minimum absolute atomic E-state index is 1.15. The molecule has 2 heterocycles. The molecule has 20 rings (SSSR count). The van der Waals surface area contributed by atoms with Crippen molar-refractivity contribution < 1.29 is 0 Å². The first-order chi connectivity index (χ1) is 51.9. The van der Waals surface area contributed by atoms with Crippen LogP contribution in [-0.2, 0) is 0 Å². The van der Waals surface area contributed by atoms with E-state index < -0.39 is 0 Å². The lowest BCUT2D eigenvalue weighted by Gasteiger charge is -2.21. The fourth-order valence-corrected chi connectivity index (χ4v) is 16.9. The van der Waals surface area contributed by atoms with E-state index in [-0.39, 0.29) is 0 Å². The molecule has 0 atom stereocenters. The molecular weight excluding hydrogens is 1270 g/mol. The molecule has 0 amide bonds. The Bertz CT molecular complexity index is 6590. The first-order valence-corrected chi connectivity index (χ1v) is 36.5. The summed E-state index contributed by atoms with van der Waals surface area (Å²) in [7, 11) is 0. The van der Waals surface area contributed by atoms with Gasteiger partial charge < -0.3 is 9.13 Å². The Morgan fingerprint density at radius 3 is 1.00 bits per heavy atom. The van der Waals surface area contributed by atoms with E-state index >= 15 is 0 Å². The van der Waals surface area contributed by atoms with Crippen molar-refractivity contribution in [2.24, 2.45) is 0 Å². The number of benzene rings is 18. The van der Waals surface area contributed by atoms with Crippen LogP contribution in [0.3, 0.4) is 0 Å². The number of hydrogen-bond donors (Lipinski definition) is 0. The fraction of sp³-hybridized carbons (Fsp3) is 0.0291. The van der Waals surface area contributed by atoms with Gasteiger partial charge in [-0.3, -0.25) is 0 Å². The van der Waals surface area contributed by atoms with Gasteiger partial charge in [-0.25, -0.2) is 0 Å². The van der Waals surface area contributed by atoms with Gasteiger partial charge in [0.05, 0.1) is 22.1 Å². The van der Waals surface area contributed by atoms with Crippen LogP contribution in [0.25, 0.3) is 187 Å². The molecule has 0 radical (unpaired) electrons. The summed E-state index contributed by atoms with van der Waals surface area (Å²) in [6, 6.07) is 140. The van der Waals surface area contributed by atoms with Gasteiger partial charge in [0.1, 0.15) is 0 Å². The molecule has 0 fully saturated rings. The van der Waals surface area contributed by atoms with Crippen molar-refractivity contribution in [3.05, 3.63) is 399 Å². The monoisotopic (exact) mass is 1340 g/mol. The number of para-hydroxylation sites is 1. The quantitative estimate of drug-likeness (QED) is 0.121. The van der Waals surface area contributed by atoms with Crippen molar-refractivity contribution in [2.75, 3.05) is 0 Å². The maximum atomic E-state index is 2.48. The van der Waals surface area contributed by atoms with Crippen LogP contribution < -0.4 is 0 Å². The normalized spacial score (nSPS) is 11.6. The molecule has 0 saturated heterocycles. The van der Waals surface area contributed by atoms with Gasteiger partial charge in [0.15, 0.2) is 0 Å². The van der Waals surface area contributed by atoms with Crippen molar-refractivity contribution in [3.63, 3.8) is 0 Å². The molecule has 0 spiro atoms. The highest BCUT2D eigenvalue weighted by atomic mass is 15.0. The number of fused-ring (bicyclic) bond motifs is 10. The Morgan fingerprint density at radius 2 is 0.514 bits per heavy atom. The largest absolute Gasteiger partial charge is 0.309 e. The molecule has 20 aromatic rings. The molecule has 0 aliphatic rings. The Balaban J connectivity index is 0.000000144. The second-order valence-electron chi connectivity index (χ2n) is 27.9. The third-order valence-electron chi connectivity index (χ3n) is 21.7. The SMILES string of the molecule is Cc1cc(-n2c3ccc(-c4ccccc4)cc3c3cc(-c4ccccc4)ccc32)c(C)cc1-c1c2ccccc2c(-c2ccccc2)c2ccccc12.Cc1ccc2c(-c3ccc(-n4c5ccccc5c5cc(-c6ccccc6)ccc54)cc3)c3ccccc3c(-c3ccccc3-c3ccccc3)c2c1. The van der Waals surface area contributed by atoms with Crippen LogP contribution >= 0.6 is 0 Å². The van der Waals surface area contributed by atoms with E-state index in [1.165, 1.54) is 198 Å². The predicted octanol–water partition coefficient (Wildman–Crippen LogP) is 28.4. The molecule has 0 unspecified atom stereocenters. The lowest BCUT2D eigenvalue weighted by molar-refractivity contribution is 1.14. The van der Waals surface area contributed by atoms with Crippen molar-refractivity contribution >= 4 is 86.7 Å². The van der Waals surface area contributed by atoms with Crippen molar-refractivity contribution in [3.8, 4) is 100 Å². The van der Waals surface area contributed by atoms with Gasteiger partial charge in [-0.1, -0.05) is 321 Å². The summed E-state index contributed by atoms with van der Waals surface area (Å²) in [4.78, 5) is 0. The number of hydrogen-bond acceptors (Lipinski definition) is 0. The molecule has 0 aliphatic carbocycles. The Hall–Kier alpha value is -13.4. The van der Waals surface area contributed by atoms with Gasteiger partial charge in [-0.2, -0.15) is 0 Å². The summed E-state index contributed by atoms with van der Waals surface area (Å²) >= 11 is 0. The summed E-state index contributed by atoms with van der Waals surface area (Å²) in [5, 5.41) is 15.2. The van der Waals surface area contributed by atoms with Crippen LogP contribution in [0.2, 0.25) is 0 Å². The Morgan fingerprint density at radius 1 is 0.171 bits per heavy atom. The highest BCUT2D eigenvalue weighted by molar-refractivity contribution is 6.24. The van der Waals surface area contributed by atoms with Gasteiger partial charge >= 0.3 is 0 Å². The van der Waals surface area contributed by atoms with Gasteiger partial charge in [-0.15, -0.1) is 0 Å². The summed E-state index contributed by atoms with van der Waals surface area (Å²) in [5.74, 6) is 0. The maximum Gasteiger partial charge on any atom is 0.0541 e. The number of aromatic nitrogens is 2. The van der Waals surface area contributed by atoms with E-state index in [0.717, 1.165) is 5.69 Å². The second-order valence-corrected chi connectivity index (χ2v) is 27.9. The minimum atomic E-state index is 1.15. The average Bonchev–Trinajstić information content (AvgIpc) is 1.51. The smallest absolute Gasteiger partial charge is 0.0541 e. The topological polar surface area (TPSA) is 9.86 Å². The third-order valence-corrected chi connectivity index (χ3v) is 21.7. The second kappa shape index (κ2) is 26.2. The summed E-state index contributed by atoms with van der Waals surface area (Å²) in [6.45, 7) is 6.75. The van der Waals surface area contributed by atoms with Crippen LogP contribution in [0.5, 0.6) is 0 Å². The first kappa shape index (κ1) is 62.6. The third kappa shape index (κ3) is 10.9. The number of nitrogens with zero attached hydrogens (tertiary/aromatic N) is 2. The summed E-state index contributed by atoms with van der Waals surface area (Å²) in [6.07, 6.45) is 0. The molecule has 2 nitrogen and oxygen atoms in total. The molecule has 2 aromatic heterocycles. The average molecular weight is 1340 g/mol. The van der Waals surface area contributed by atoms with E-state index in [2.05, 4.69) is 412 Å². The predicted molar refractivity (Wildman–Crippen MR) is 449 cm³/mol. The zero-order valence-corrected chi connectivity index (χ0v) is 58.8. The molecule has 2 heteroatoms. The highest BCUT2D eigenvalue weighted by Crippen LogP contribution is 2.49. The van der Waals surface area contributed by atoms with E-state index in [0.29, 0.717) is 0 Å². The molecule has 18 aromatic carbocycles. The van der Waals surface area contributed by atoms with Crippen molar-refractivity contribution in [1.29, 1.82) is 0 Å². The molecular formula is C103H72N2. The summed E-state index contributed by atoms with van der Waals surface area (Å²) in [5.41, 5.74) is 30.9. The summed E-state index contributed by atoms with van der Waals surface area (Å²) < 4.78 is 4.89. The van der Waals surface area contributed by atoms with E-state index in [4.69, 9.17) is 0 Å². The molecule has 105 heavy (non-hydrogen) atoms. The molecule has 0 aliphatic heterocycles. The first-order valence-electron chi connectivity index (χ1n) is 36.5. The lowest BCUT2D eigenvalue weighted by Crippen LogP contribution is -2.00. The van der Waals surface area contributed by atoms with Crippen molar-refractivity contribution in [1.82, 2.24) is 9.13 Å². The molecule has 0 bridgehead atoms. The number of rotatable bonds is 10. The van der Waals surface area contributed by atoms with Gasteiger partial charge in [0.2, 0.25) is 0 Å². The Labute approximate surface area is 611 Å². The van der Waals surface area contributed by atoms with Gasteiger partial charge in [0, 0.05) is 32.9 Å².